The summed E-state index contributed by atoms with van der Waals surface area (Å²) in [4.78, 5) is 11.4. The van der Waals surface area contributed by atoms with Gasteiger partial charge in [0.2, 0.25) is 10.8 Å². The van der Waals surface area contributed by atoms with Gasteiger partial charge in [0.15, 0.2) is 0 Å². The van der Waals surface area contributed by atoms with E-state index in [1.807, 2.05) is 0 Å². The highest BCUT2D eigenvalue weighted by Crippen LogP contribution is 2.35. The molecular formula is C9H4BrF3O3. The van der Waals surface area contributed by atoms with Gasteiger partial charge in [0.05, 0.1) is 5.56 Å². The summed E-state index contributed by atoms with van der Waals surface area (Å²) in [5.74, 6) is -0.664. The normalized spacial score (nSPS) is 19.2. The van der Waals surface area contributed by atoms with Crippen LogP contribution in [0.25, 0.3) is 0 Å². The van der Waals surface area contributed by atoms with Gasteiger partial charge in [-0.2, -0.15) is 0 Å². The van der Waals surface area contributed by atoms with Crippen LogP contribution < -0.4 is 9.47 Å². The van der Waals surface area contributed by atoms with Crippen LogP contribution in [0.4, 0.5) is 13.2 Å². The van der Waals surface area contributed by atoms with Crippen LogP contribution in [0.3, 0.4) is 0 Å². The van der Waals surface area contributed by atoms with E-state index < -0.39 is 17.1 Å². The van der Waals surface area contributed by atoms with Gasteiger partial charge in [-0.15, -0.1) is 13.2 Å². The summed E-state index contributed by atoms with van der Waals surface area (Å²) in [7, 11) is 0. The fourth-order valence-corrected chi connectivity index (χ4v) is 1.74. The van der Waals surface area contributed by atoms with Crippen LogP contribution in [-0.2, 0) is 0 Å². The average molecular weight is 297 g/mol. The quantitative estimate of drug-likeness (QED) is 0.748. The topological polar surface area (TPSA) is 35.5 Å². The van der Waals surface area contributed by atoms with E-state index in [4.69, 9.17) is 4.74 Å². The van der Waals surface area contributed by atoms with Gasteiger partial charge in [-0.3, -0.25) is 4.79 Å². The number of carbonyl (C=O) groups is 1. The summed E-state index contributed by atoms with van der Waals surface area (Å²) >= 11 is 2.94. The van der Waals surface area contributed by atoms with Crippen LogP contribution in [-0.4, -0.2) is 17.2 Å². The number of hydrogen-bond donors (Lipinski definition) is 0. The van der Waals surface area contributed by atoms with E-state index in [9.17, 15) is 18.0 Å². The molecule has 0 amide bonds. The summed E-state index contributed by atoms with van der Waals surface area (Å²) < 4.78 is 44.4. The predicted molar refractivity (Wildman–Crippen MR) is 50.8 cm³/mol. The zero-order valence-electron chi connectivity index (χ0n) is 7.55. The predicted octanol–water partition coefficient (Wildman–Crippen LogP) is 2.88. The molecule has 1 atom stereocenters. The highest BCUT2D eigenvalue weighted by Gasteiger charge is 2.34. The number of rotatable bonds is 1. The molecule has 0 aromatic heterocycles. The molecule has 0 bridgehead atoms. The van der Waals surface area contributed by atoms with Crippen molar-refractivity contribution in [3.63, 3.8) is 0 Å². The van der Waals surface area contributed by atoms with Crippen molar-refractivity contribution in [1.29, 1.82) is 0 Å². The SMILES string of the molecule is O=C1c2ccc(OC(F)(F)F)cc2OC1Br. The van der Waals surface area contributed by atoms with E-state index in [2.05, 4.69) is 20.7 Å². The first-order chi connectivity index (χ1) is 7.37. The van der Waals surface area contributed by atoms with Crippen molar-refractivity contribution in [1.82, 2.24) is 0 Å². The third-order valence-corrected chi connectivity index (χ3v) is 2.49. The van der Waals surface area contributed by atoms with Gasteiger partial charge >= 0.3 is 6.36 Å². The molecule has 0 saturated carbocycles. The first-order valence-corrected chi connectivity index (χ1v) is 5.03. The molecule has 3 nitrogen and oxygen atoms in total. The molecule has 1 aliphatic rings. The largest absolute Gasteiger partial charge is 0.573 e. The first kappa shape index (κ1) is 11.3. The van der Waals surface area contributed by atoms with Crippen molar-refractivity contribution < 1.29 is 27.4 Å². The Morgan fingerprint density at radius 1 is 1.38 bits per heavy atom. The molecule has 1 aromatic rings. The molecule has 1 aromatic carbocycles. The number of fused-ring (bicyclic) bond motifs is 1. The number of Topliss-reactive ketones (excluding diaryl/α,β-unsaturated/α-hetero) is 1. The molecule has 1 aliphatic heterocycles. The van der Waals surface area contributed by atoms with E-state index in [-0.39, 0.29) is 17.1 Å². The third kappa shape index (κ3) is 2.13. The minimum atomic E-state index is -4.76. The first-order valence-electron chi connectivity index (χ1n) is 4.11. The summed E-state index contributed by atoms with van der Waals surface area (Å²) in [6.45, 7) is 0. The van der Waals surface area contributed by atoms with Gasteiger partial charge < -0.3 is 9.47 Å². The number of hydrogen-bond acceptors (Lipinski definition) is 3. The molecule has 1 unspecified atom stereocenters. The van der Waals surface area contributed by atoms with E-state index in [0.717, 1.165) is 12.1 Å². The molecule has 16 heavy (non-hydrogen) atoms. The van der Waals surface area contributed by atoms with E-state index in [1.54, 1.807) is 0 Å². The molecule has 2 rings (SSSR count). The Morgan fingerprint density at radius 3 is 2.69 bits per heavy atom. The fraction of sp³-hybridized carbons (Fsp3) is 0.222. The smallest absolute Gasteiger partial charge is 0.470 e. The van der Waals surface area contributed by atoms with Crippen LogP contribution >= 0.6 is 15.9 Å². The monoisotopic (exact) mass is 296 g/mol. The van der Waals surface area contributed by atoms with Crippen LogP contribution in [0.1, 0.15) is 10.4 Å². The molecule has 0 fully saturated rings. The fourth-order valence-electron chi connectivity index (χ4n) is 1.29. The lowest BCUT2D eigenvalue weighted by atomic mass is 10.1. The zero-order chi connectivity index (χ0) is 11.9. The lowest BCUT2D eigenvalue weighted by molar-refractivity contribution is -0.274. The summed E-state index contributed by atoms with van der Waals surface area (Å²) in [5, 5.41) is -0.844. The number of benzene rings is 1. The Kier molecular flexibility index (Phi) is 2.57. The van der Waals surface area contributed by atoms with Crippen LogP contribution in [0, 0.1) is 0 Å². The summed E-state index contributed by atoms with van der Waals surface area (Å²) in [5.41, 5.74) is 0.233. The number of ketones is 1. The molecule has 0 aliphatic carbocycles. The van der Waals surface area contributed by atoms with Crippen molar-refractivity contribution in [3.8, 4) is 11.5 Å². The van der Waals surface area contributed by atoms with E-state index >= 15 is 0 Å². The molecule has 0 radical (unpaired) electrons. The van der Waals surface area contributed by atoms with Crippen LogP contribution in [0.15, 0.2) is 18.2 Å². The van der Waals surface area contributed by atoms with Crippen molar-refractivity contribution in [2.45, 2.75) is 11.4 Å². The Balaban J connectivity index is 2.29. The molecule has 0 spiro atoms. The lowest BCUT2D eigenvalue weighted by Gasteiger charge is -2.09. The van der Waals surface area contributed by atoms with Gasteiger partial charge in [0, 0.05) is 6.07 Å². The van der Waals surface area contributed by atoms with Gasteiger partial charge in [0.25, 0.3) is 0 Å². The van der Waals surface area contributed by atoms with Gasteiger partial charge in [0.1, 0.15) is 11.5 Å². The molecule has 1 heterocycles. The molecule has 0 saturated heterocycles. The Morgan fingerprint density at radius 2 is 2.06 bits per heavy atom. The Labute approximate surface area is 96.3 Å². The average Bonchev–Trinajstić information content (AvgIpc) is 2.40. The number of ether oxygens (including phenoxy) is 2. The Bertz CT molecular complexity index is 444. The second kappa shape index (κ2) is 3.65. The van der Waals surface area contributed by atoms with Crippen LogP contribution in [0.2, 0.25) is 0 Å². The highest BCUT2D eigenvalue weighted by molar-refractivity contribution is 9.09. The van der Waals surface area contributed by atoms with Crippen molar-refractivity contribution in [3.05, 3.63) is 23.8 Å². The molecule has 86 valence electrons. The van der Waals surface area contributed by atoms with E-state index in [0.29, 0.717) is 0 Å². The maximum atomic E-state index is 11.9. The maximum Gasteiger partial charge on any atom is 0.573 e. The second-order valence-corrected chi connectivity index (χ2v) is 3.84. The third-order valence-electron chi connectivity index (χ3n) is 1.89. The molecular weight excluding hydrogens is 293 g/mol. The van der Waals surface area contributed by atoms with Crippen LogP contribution in [0.5, 0.6) is 11.5 Å². The van der Waals surface area contributed by atoms with E-state index in [1.165, 1.54) is 6.07 Å². The highest BCUT2D eigenvalue weighted by atomic mass is 79.9. The zero-order valence-corrected chi connectivity index (χ0v) is 9.13. The minimum absolute atomic E-state index is 0.0774. The number of carbonyl (C=O) groups excluding carboxylic acids is 1. The molecule has 7 heteroatoms. The number of halogens is 4. The molecule has 0 N–H and O–H groups in total. The van der Waals surface area contributed by atoms with Crippen molar-refractivity contribution in [2.75, 3.05) is 0 Å². The van der Waals surface area contributed by atoms with Gasteiger partial charge in [-0.05, 0) is 28.1 Å². The van der Waals surface area contributed by atoms with Crippen molar-refractivity contribution >= 4 is 21.7 Å². The number of alkyl halides is 4. The maximum absolute atomic E-state index is 11.9. The Hall–Kier alpha value is -1.24. The second-order valence-electron chi connectivity index (χ2n) is 3.00. The minimum Gasteiger partial charge on any atom is -0.470 e. The summed E-state index contributed by atoms with van der Waals surface area (Å²) in [6, 6.07) is 3.33. The lowest BCUT2D eigenvalue weighted by Crippen LogP contribution is -2.17. The van der Waals surface area contributed by atoms with Gasteiger partial charge in [-0.25, -0.2) is 0 Å². The standard InChI is InChI=1S/C9H4BrF3O3/c10-8-7(14)5-2-1-4(3-6(5)15-8)16-9(11,12)13/h1-3,8H. The van der Waals surface area contributed by atoms with Gasteiger partial charge in [-0.1, -0.05) is 0 Å². The van der Waals surface area contributed by atoms with Crippen molar-refractivity contribution in [2.24, 2.45) is 0 Å². The summed E-state index contributed by atoms with van der Waals surface area (Å²) in [6.07, 6.45) is -4.76.